The van der Waals surface area contributed by atoms with Crippen LogP contribution in [0, 0.1) is 0 Å². The van der Waals surface area contributed by atoms with Gasteiger partial charge in [0.1, 0.15) is 5.75 Å². The third-order valence-electron chi connectivity index (χ3n) is 1.88. The standard InChI is InChI=1S/C8H8O3S/c9-12(10)7-1-2-8-6(5-7)3-4-11-8/h1-2,5,12H,3-4H2. The predicted octanol–water partition coefficient (Wildman–Crippen LogP) is 0.592. The molecule has 3 nitrogen and oxygen atoms in total. The van der Waals surface area contributed by atoms with Crippen LogP contribution in [0.2, 0.25) is 0 Å². The van der Waals surface area contributed by atoms with Crippen molar-refractivity contribution in [1.82, 2.24) is 0 Å². The second-order valence-corrected chi connectivity index (χ2v) is 3.68. The van der Waals surface area contributed by atoms with Crippen molar-refractivity contribution >= 4 is 10.7 Å². The van der Waals surface area contributed by atoms with Gasteiger partial charge in [0.05, 0.1) is 11.5 Å². The summed E-state index contributed by atoms with van der Waals surface area (Å²) in [5, 5.41) is 0. The summed E-state index contributed by atoms with van der Waals surface area (Å²) >= 11 is 0. The number of rotatable bonds is 1. The molecule has 0 aliphatic carbocycles. The van der Waals surface area contributed by atoms with E-state index >= 15 is 0 Å². The fourth-order valence-corrected chi connectivity index (χ4v) is 1.74. The van der Waals surface area contributed by atoms with Gasteiger partial charge < -0.3 is 4.74 Å². The van der Waals surface area contributed by atoms with Gasteiger partial charge in [-0.25, -0.2) is 8.42 Å². The molecule has 1 aromatic rings. The SMILES string of the molecule is O=[SH](=O)c1ccc2c(c1)CCO2. The number of hydrogen-bond acceptors (Lipinski definition) is 3. The highest BCUT2D eigenvalue weighted by atomic mass is 32.2. The molecule has 0 N–H and O–H groups in total. The molecular weight excluding hydrogens is 176 g/mol. The Kier molecular flexibility index (Phi) is 1.77. The van der Waals surface area contributed by atoms with Gasteiger partial charge in [-0.15, -0.1) is 0 Å². The molecule has 0 atom stereocenters. The summed E-state index contributed by atoms with van der Waals surface area (Å²) in [6, 6.07) is 4.95. The van der Waals surface area contributed by atoms with Crippen LogP contribution < -0.4 is 4.74 Å². The normalized spacial score (nSPS) is 14.4. The Hall–Kier alpha value is -1.03. The zero-order valence-electron chi connectivity index (χ0n) is 6.32. The van der Waals surface area contributed by atoms with Gasteiger partial charge in [0.15, 0.2) is 10.7 Å². The highest BCUT2D eigenvalue weighted by Crippen LogP contribution is 2.25. The van der Waals surface area contributed by atoms with Crippen molar-refractivity contribution in [1.29, 1.82) is 0 Å². The summed E-state index contributed by atoms with van der Waals surface area (Å²) in [6.45, 7) is 0.661. The predicted molar refractivity (Wildman–Crippen MR) is 44.2 cm³/mol. The third kappa shape index (κ3) is 1.18. The number of hydrogen-bond donors (Lipinski definition) is 1. The second kappa shape index (κ2) is 2.79. The fraction of sp³-hybridized carbons (Fsp3) is 0.250. The summed E-state index contributed by atoms with van der Waals surface area (Å²) in [4.78, 5) is 0.370. The van der Waals surface area contributed by atoms with Crippen LogP contribution >= 0.6 is 0 Å². The average molecular weight is 184 g/mol. The first-order chi connectivity index (χ1) is 5.77. The maximum absolute atomic E-state index is 10.6. The summed E-state index contributed by atoms with van der Waals surface area (Å²) in [5.74, 6) is 0.815. The van der Waals surface area contributed by atoms with Gasteiger partial charge in [-0.3, -0.25) is 0 Å². The van der Waals surface area contributed by atoms with Crippen LogP contribution in [-0.2, 0) is 17.1 Å². The van der Waals surface area contributed by atoms with E-state index in [0.29, 0.717) is 11.5 Å². The van der Waals surface area contributed by atoms with Crippen LogP contribution in [0.4, 0.5) is 0 Å². The van der Waals surface area contributed by atoms with E-state index in [4.69, 9.17) is 4.74 Å². The third-order valence-corrected chi connectivity index (χ3v) is 2.58. The first-order valence-corrected chi connectivity index (χ1v) is 4.85. The summed E-state index contributed by atoms with van der Waals surface area (Å²) in [5.41, 5.74) is 0.992. The van der Waals surface area contributed by atoms with Gasteiger partial charge in [-0.2, -0.15) is 0 Å². The minimum absolute atomic E-state index is 0.370. The van der Waals surface area contributed by atoms with E-state index in [1.165, 1.54) is 0 Å². The number of ether oxygens (including phenoxy) is 1. The van der Waals surface area contributed by atoms with E-state index in [0.717, 1.165) is 17.7 Å². The van der Waals surface area contributed by atoms with E-state index in [9.17, 15) is 8.42 Å². The van der Waals surface area contributed by atoms with Crippen LogP contribution in [-0.4, -0.2) is 15.0 Å². The Morgan fingerprint density at radius 3 is 2.92 bits per heavy atom. The Bertz CT molecular complexity index is 374. The molecule has 0 unspecified atom stereocenters. The first-order valence-electron chi connectivity index (χ1n) is 3.67. The molecule has 0 bridgehead atoms. The molecule has 0 saturated heterocycles. The lowest BCUT2D eigenvalue weighted by molar-refractivity contribution is 0.356. The molecule has 0 aromatic heterocycles. The lowest BCUT2D eigenvalue weighted by Gasteiger charge is -1.97. The zero-order chi connectivity index (χ0) is 8.55. The molecule has 1 aromatic carbocycles. The van der Waals surface area contributed by atoms with E-state index in [2.05, 4.69) is 0 Å². The van der Waals surface area contributed by atoms with Crippen molar-refractivity contribution in [2.75, 3.05) is 6.61 Å². The summed E-state index contributed by atoms with van der Waals surface area (Å²) < 4.78 is 26.4. The summed E-state index contributed by atoms with van der Waals surface area (Å²) in [6.07, 6.45) is 0.812. The Morgan fingerprint density at radius 2 is 2.17 bits per heavy atom. The Labute approximate surface area is 71.9 Å². The van der Waals surface area contributed by atoms with E-state index < -0.39 is 10.7 Å². The number of fused-ring (bicyclic) bond motifs is 1. The number of benzene rings is 1. The smallest absolute Gasteiger partial charge is 0.168 e. The van der Waals surface area contributed by atoms with Gasteiger partial charge >= 0.3 is 0 Å². The highest BCUT2D eigenvalue weighted by Gasteiger charge is 2.12. The van der Waals surface area contributed by atoms with Crippen LogP contribution in [0.15, 0.2) is 23.1 Å². The van der Waals surface area contributed by atoms with E-state index in [1.807, 2.05) is 0 Å². The van der Waals surface area contributed by atoms with Crippen molar-refractivity contribution in [3.63, 3.8) is 0 Å². The molecule has 4 heteroatoms. The van der Waals surface area contributed by atoms with Crippen LogP contribution in [0.3, 0.4) is 0 Å². The molecule has 0 saturated carbocycles. The maximum atomic E-state index is 10.6. The van der Waals surface area contributed by atoms with Crippen LogP contribution in [0.25, 0.3) is 0 Å². The summed E-state index contributed by atoms with van der Waals surface area (Å²) in [7, 11) is -2.46. The van der Waals surface area contributed by atoms with Crippen LogP contribution in [0.5, 0.6) is 5.75 Å². The minimum Gasteiger partial charge on any atom is -0.493 e. The van der Waals surface area contributed by atoms with Crippen molar-refractivity contribution in [2.24, 2.45) is 0 Å². The largest absolute Gasteiger partial charge is 0.493 e. The zero-order valence-corrected chi connectivity index (χ0v) is 7.21. The molecule has 1 aliphatic heterocycles. The second-order valence-electron chi connectivity index (χ2n) is 2.65. The quantitative estimate of drug-likeness (QED) is 0.650. The lowest BCUT2D eigenvalue weighted by atomic mass is 10.2. The average Bonchev–Trinajstić information content (AvgIpc) is 2.49. The van der Waals surface area contributed by atoms with Crippen molar-refractivity contribution in [2.45, 2.75) is 11.3 Å². The Morgan fingerprint density at radius 1 is 1.33 bits per heavy atom. The molecule has 0 spiro atoms. The van der Waals surface area contributed by atoms with Crippen molar-refractivity contribution in [3.05, 3.63) is 23.8 Å². The molecule has 0 amide bonds. The Balaban J connectivity index is 2.52. The maximum Gasteiger partial charge on any atom is 0.168 e. The fourth-order valence-electron chi connectivity index (χ4n) is 1.29. The highest BCUT2D eigenvalue weighted by molar-refractivity contribution is 7.72. The first kappa shape index (κ1) is 7.61. The molecule has 1 heterocycles. The molecule has 64 valence electrons. The van der Waals surface area contributed by atoms with E-state index in [-0.39, 0.29) is 0 Å². The van der Waals surface area contributed by atoms with Gasteiger partial charge in [0, 0.05) is 6.42 Å². The van der Waals surface area contributed by atoms with Crippen molar-refractivity contribution in [3.8, 4) is 5.75 Å². The van der Waals surface area contributed by atoms with Crippen LogP contribution in [0.1, 0.15) is 5.56 Å². The molecule has 2 rings (SSSR count). The van der Waals surface area contributed by atoms with E-state index in [1.54, 1.807) is 18.2 Å². The molecule has 1 aliphatic rings. The number of thiol groups is 1. The molecule has 12 heavy (non-hydrogen) atoms. The minimum atomic E-state index is -2.46. The monoisotopic (exact) mass is 184 g/mol. The molecule has 0 radical (unpaired) electrons. The topological polar surface area (TPSA) is 43.4 Å². The van der Waals surface area contributed by atoms with Gasteiger partial charge in [-0.05, 0) is 23.8 Å². The van der Waals surface area contributed by atoms with Gasteiger partial charge in [0.2, 0.25) is 0 Å². The van der Waals surface area contributed by atoms with Gasteiger partial charge in [-0.1, -0.05) is 0 Å². The lowest BCUT2D eigenvalue weighted by Crippen LogP contribution is -1.85. The molecular formula is C8H8O3S. The van der Waals surface area contributed by atoms with Crippen molar-refractivity contribution < 1.29 is 13.2 Å². The van der Waals surface area contributed by atoms with Gasteiger partial charge in [0.25, 0.3) is 0 Å². The molecule has 0 fully saturated rings.